The molecule has 0 aliphatic heterocycles. The zero-order valence-electron chi connectivity index (χ0n) is 6.96. The van der Waals surface area contributed by atoms with E-state index < -0.39 is 0 Å². The Hall–Kier alpha value is -1.07. The van der Waals surface area contributed by atoms with Gasteiger partial charge in [-0.3, -0.25) is 0 Å². The Bertz CT molecular complexity index is 514. The average molecular weight is 274 g/mol. The molecule has 1 aromatic heterocycles. The summed E-state index contributed by atoms with van der Waals surface area (Å²) in [5, 5.41) is 0.488. The van der Waals surface area contributed by atoms with Crippen LogP contribution in [0.25, 0.3) is 11.0 Å². The van der Waals surface area contributed by atoms with Gasteiger partial charge in [0.15, 0.2) is 11.6 Å². The molecule has 2 rings (SSSR count). The van der Waals surface area contributed by atoms with Crippen molar-refractivity contribution < 1.29 is 0 Å². The number of nitrogens with two attached hydrogens (primary N) is 2. The lowest BCUT2D eigenvalue weighted by Crippen LogP contribution is -2.01. The molecular weight excluding hydrogens is 267 g/mol. The molecule has 0 aliphatic carbocycles. The predicted molar refractivity (Wildman–Crippen MR) is 61.1 cm³/mol. The molecule has 0 unspecified atom stereocenters. The van der Waals surface area contributed by atoms with Crippen molar-refractivity contribution in [1.29, 1.82) is 0 Å². The maximum Gasteiger partial charge on any atom is 0.166 e. The van der Waals surface area contributed by atoms with Gasteiger partial charge in [-0.15, -0.1) is 0 Å². The molecule has 0 amide bonds. The second-order valence-corrected chi connectivity index (χ2v) is 3.96. The third kappa shape index (κ3) is 1.38. The van der Waals surface area contributed by atoms with Gasteiger partial charge in [0.1, 0.15) is 5.52 Å². The summed E-state index contributed by atoms with van der Waals surface area (Å²) >= 11 is 9.29. The summed E-state index contributed by atoms with van der Waals surface area (Å²) in [6.07, 6.45) is 0. The van der Waals surface area contributed by atoms with Crippen molar-refractivity contribution in [3.05, 3.63) is 21.6 Å². The fourth-order valence-electron chi connectivity index (χ4n) is 1.09. The third-order valence-corrected chi connectivity index (χ3v) is 3.06. The highest BCUT2D eigenvalue weighted by Gasteiger charge is 2.08. The highest BCUT2D eigenvalue weighted by molar-refractivity contribution is 9.10. The summed E-state index contributed by atoms with van der Waals surface area (Å²) in [5.74, 6) is 0.411. The lowest BCUT2D eigenvalue weighted by molar-refractivity contribution is 1.31. The Balaban J connectivity index is 2.89. The van der Waals surface area contributed by atoms with Gasteiger partial charge in [-0.05, 0) is 28.1 Å². The molecule has 4 nitrogen and oxygen atoms in total. The van der Waals surface area contributed by atoms with E-state index in [-0.39, 0.29) is 11.6 Å². The fraction of sp³-hybridized carbons (Fsp3) is 0. The van der Waals surface area contributed by atoms with E-state index in [2.05, 4.69) is 25.9 Å². The second kappa shape index (κ2) is 3.25. The SMILES string of the molecule is Nc1nc2ccc(Br)c(Cl)c2nc1N. The molecule has 0 saturated carbocycles. The van der Waals surface area contributed by atoms with E-state index >= 15 is 0 Å². The van der Waals surface area contributed by atoms with Crippen molar-refractivity contribution in [1.82, 2.24) is 9.97 Å². The number of nitrogens with zero attached hydrogens (tertiary/aromatic N) is 2. The van der Waals surface area contributed by atoms with Crippen molar-refractivity contribution in [2.24, 2.45) is 0 Å². The van der Waals surface area contributed by atoms with E-state index in [1.807, 2.05) is 0 Å². The summed E-state index contributed by atoms with van der Waals surface area (Å²) in [7, 11) is 0. The van der Waals surface area contributed by atoms with Crippen LogP contribution in [0.2, 0.25) is 5.02 Å². The van der Waals surface area contributed by atoms with Gasteiger partial charge in [-0.25, -0.2) is 9.97 Å². The minimum absolute atomic E-state index is 0.192. The van der Waals surface area contributed by atoms with Gasteiger partial charge < -0.3 is 11.5 Å². The highest BCUT2D eigenvalue weighted by atomic mass is 79.9. The zero-order chi connectivity index (χ0) is 10.3. The largest absolute Gasteiger partial charge is 0.381 e. The van der Waals surface area contributed by atoms with Crippen LogP contribution in [0.5, 0.6) is 0 Å². The van der Waals surface area contributed by atoms with Crippen molar-refractivity contribution >= 4 is 50.2 Å². The van der Waals surface area contributed by atoms with Crippen LogP contribution in [0.4, 0.5) is 11.6 Å². The van der Waals surface area contributed by atoms with Gasteiger partial charge in [0.05, 0.1) is 10.5 Å². The first-order valence-electron chi connectivity index (χ1n) is 3.76. The van der Waals surface area contributed by atoms with Crippen LogP contribution < -0.4 is 11.5 Å². The third-order valence-electron chi connectivity index (χ3n) is 1.78. The molecule has 72 valence electrons. The van der Waals surface area contributed by atoms with Crippen LogP contribution in [0.1, 0.15) is 0 Å². The second-order valence-electron chi connectivity index (χ2n) is 2.72. The lowest BCUT2D eigenvalue weighted by atomic mass is 10.3. The van der Waals surface area contributed by atoms with E-state index in [0.717, 1.165) is 4.47 Å². The molecule has 0 saturated heterocycles. The Morgan fingerprint density at radius 3 is 2.50 bits per heavy atom. The van der Waals surface area contributed by atoms with E-state index in [4.69, 9.17) is 23.1 Å². The maximum atomic E-state index is 6.00. The molecule has 1 heterocycles. The van der Waals surface area contributed by atoms with Gasteiger partial charge in [0.2, 0.25) is 0 Å². The standard InChI is InChI=1S/C8H6BrClN4/c9-3-1-2-4-6(5(3)10)14-8(12)7(11)13-4/h1-2H,(H2,11,13)(H2,12,14). The number of hydrogen-bond acceptors (Lipinski definition) is 4. The smallest absolute Gasteiger partial charge is 0.166 e. The van der Waals surface area contributed by atoms with E-state index in [0.29, 0.717) is 16.1 Å². The first-order chi connectivity index (χ1) is 6.59. The number of nitrogen functional groups attached to an aromatic ring is 2. The number of benzene rings is 1. The normalized spacial score (nSPS) is 10.7. The summed E-state index contributed by atoms with van der Waals surface area (Å²) in [6, 6.07) is 3.56. The highest BCUT2D eigenvalue weighted by Crippen LogP contribution is 2.30. The maximum absolute atomic E-state index is 6.00. The molecule has 6 heteroatoms. The summed E-state index contributed by atoms with van der Waals surface area (Å²) in [6.45, 7) is 0. The van der Waals surface area contributed by atoms with Gasteiger partial charge >= 0.3 is 0 Å². The van der Waals surface area contributed by atoms with Crippen LogP contribution >= 0.6 is 27.5 Å². The van der Waals surface area contributed by atoms with Gasteiger partial charge in [-0.1, -0.05) is 11.6 Å². The molecule has 14 heavy (non-hydrogen) atoms. The lowest BCUT2D eigenvalue weighted by Gasteiger charge is -2.04. The Kier molecular flexibility index (Phi) is 2.20. The topological polar surface area (TPSA) is 77.8 Å². The fourth-order valence-corrected chi connectivity index (χ4v) is 1.61. The Morgan fingerprint density at radius 1 is 1.14 bits per heavy atom. The van der Waals surface area contributed by atoms with Crippen molar-refractivity contribution in [3.8, 4) is 0 Å². The molecule has 0 spiro atoms. The van der Waals surface area contributed by atoms with Crippen LogP contribution in [-0.2, 0) is 0 Å². The van der Waals surface area contributed by atoms with Crippen molar-refractivity contribution in [3.63, 3.8) is 0 Å². The number of rotatable bonds is 0. The summed E-state index contributed by atoms with van der Waals surface area (Å²) < 4.78 is 0.755. The summed E-state index contributed by atoms with van der Waals surface area (Å²) in [5.41, 5.74) is 12.2. The quantitative estimate of drug-likeness (QED) is 0.771. The van der Waals surface area contributed by atoms with Crippen LogP contribution in [0, 0.1) is 0 Å². The van der Waals surface area contributed by atoms with E-state index in [9.17, 15) is 0 Å². The zero-order valence-corrected chi connectivity index (χ0v) is 9.30. The number of aromatic nitrogens is 2. The number of anilines is 2. The minimum Gasteiger partial charge on any atom is -0.381 e. The average Bonchev–Trinajstić information content (AvgIpc) is 2.15. The van der Waals surface area contributed by atoms with Crippen LogP contribution in [-0.4, -0.2) is 9.97 Å². The van der Waals surface area contributed by atoms with Gasteiger partial charge in [0, 0.05) is 4.47 Å². The first-order valence-corrected chi connectivity index (χ1v) is 4.93. The molecule has 0 bridgehead atoms. The van der Waals surface area contributed by atoms with Crippen LogP contribution in [0.15, 0.2) is 16.6 Å². The minimum atomic E-state index is 0.192. The summed E-state index contributed by atoms with van der Waals surface area (Å²) in [4.78, 5) is 8.13. The van der Waals surface area contributed by atoms with E-state index in [1.165, 1.54) is 0 Å². The predicted octanol–water partition coefficient (Wildman–Crippen LogP) is 2.21. The van der Waals surface area contributed by atoms with Crippen molar-refractivity contribution in [2.45, 2.75) is 0 Å². The van der Waals surface area contributed by atoms with Gasteiger partial charge in [-0.2, -0.15) is 0 Å². The molecule has 4 N–H and O–H groups in total. The number of fused-ring (bicyclic) bond motifs is 1. The molecule has 2 aromatic rings. The number of halogens is 2. The molecule has 0 atom stereocenters. The molecule has 1 aromatic carbocycles. The first kappa shape index (κ1) is 9.48. The molecule has 0 fully saturated rings. The monoisotopic (exact) mass is 272 g/mol. The number of hydrogen-bond donors (Lipinski definition) is 2. The Labute approximate surface area is 93.4 Å². The van der Waals surface area contributed by atoms with Crippen molar-refractivity contribution in [2.75, 3.05) is 11.5 Å². The van der Waals surface area contributed by atoms with Crippen LogP contribution in [0.3, 0.4) is 0 Å². The molecular formula is C8H6BrClN4. The molecule has 0 radical (unpaired) electrons. The van der Waals surface area contributed by atoms with Gasteiger partial charge in [0.25, 0.3) is 0 Å². The Morgan fingerprint density at radius 2 is 1.79 bits per heavy atom. The van der Waals surface area contributed by atoms with E-state index in [1.54, 1.807) is 12.1 Å². The molecule has 0 aliphatic rings.